The molecule has 224 valence electrons. The minimum atomic E-state index is -4.11. The van der Waals surface area contributed by atoms with Gasteiger partial charge in [-0.3, -0.25) is 13.9 Å². The molecule has 42 heavy (non-hydrogen) atoms. The zero-order chi connectivity index (χ0) is 30.3. The molecule has 7 nitrogen and oxygen atoms in total. The maximum atomic E-state index is 14.3. The van der Waals surface area contributed by atoms with Crippen LogP contribution in [0.15, 0.2) is 77.7 Å². The summed E-state index contributed by atoms with van der Waals surface area (Å²) in [6.45, 7) is 5.26. The van der Waals surface area contributed by atoms with Gasteiger partial charge < -0.3 is 10.2 Å². The fourth-order valence-corrected chi connectivity index (χ4v) is 7.09. The molecule has 0 heterocycles. The van der Waals surface area contributed by atoms with Crippen LogP contribution >= 0.6 is 11.6 Å². The van der Waals surface area contributed by atoms with Crippen molar-refractivity contribution in [3.63, 3.8) is 0 Å². The van der Waals surface area contributed by atoms with Crippen LogP contribution in [0.5, 0.6) is 0 Å². The molecule has 0 saturated heterocycles. The molecule has 3 aromatic rings. The topological polar surface area (TPSA) is 86.8 Å². The first-order chi connectivity index (χ1) is 20.1. The van der Waals surface area contributed by atoms with Crippen molar-refractivity contribution in [3.05, 3.63) is 94.5 Å². The van der Waals surface area contributed by atoms with Crippen LogP contribution in [0.25, 0.3) is 0 Å². The van der Waals surface area contributed by atoms with Gasteiger partial charge in [0.05, 0.1) is 10.6 Å². The smallest absolute Gasteiger partial charge is 0.264 e. The highest BCUT2D eigenvalue weighted by Gasteiger charge is 2.35. The molecule has 0 aromatic heterocycles. The first kappa shape index (κ1) is 31.6. The molecule has 1 fully saturated rings. The Bertz CT molecular complexity index is 1470. The van der Waals surface area contributed by atoms with Crippen molar-refractivity contribution < 1.29 is 18.0 Å². The molecule has 0 bridgehead atoms. The van der Waals surface area contributed by atoms with Gasteiger partial charge >= 0.3 is 0 Å². The van der Waals surface area contributed by atoms with E-state index in [1.54, 1.807) is 36.4 Å². The molecular weight excluding hydrogens is 570 g/mol. The van der Waals surface area contributed by atoms with Crippen LogP contribution in [0.1, 0.15) is 62.1 Å². The van der Waals surface area contributed by atoms with Crippen LogP contribution in [0.4, 0.5) is 5.69 Å². The second-order valence-electron chi connectivity index (χ2n) is 11.0. The quantitative estimate of drug-likeness (QED) is 0.272. The molecule has 1 aliphatic rings. The SMILES string of the molecule is CCC(C(=O)NC1CCCCC1)N(Cc1ccc(Cl)cc1)C(=O)CN(c1cc(C)ccc1C)S(=O)(=O)c1ccccc1. The van der Waals surface area contributed by atoms with E-state index >= 15 is 0 Å². The number of benzene rings is 3. The highest BCUT2D eigenvalue weighted by atomic mass is 35.5. The number of nitrogens with zero attached hydrogens (tertiary/aromatic N) is 2. The molecule has 4 rings (SSSR count). The molecule has 9 heteroatoms. The van der Waals surface area contributed by atoms with Gasteiger partial charge in [-0.25, -0.2) is 8.42 Å². The number of nitrogens with one attached hydrogen (secondary N) is 1. The molecule has 1 atom stereocenters. The average Bonchev–Trinajstić information content (AvgIpc) is 2.99. The summed E-state index contributed by atoms with van der Waals surface area (Å²) in [5.41, 5.74) is 2.81. The molecule has 1 N–H and O–H groups in total. The number of halogens is 1. The third kappa shape index (κ3) is 7.72. The van der Waals surface area contributed by atoms with Crippen molar-refractivity contribution in [2.24, 2.45) is 0 Å². The maximum absolute atomic E-state index is 14.3. The Hall–Kier alpha value is -3.36. The fraction of sp³-hybridized carbons (Fsp3) is 0.394. The third-order valence-corrected chi connectivity index (χ3v) is 9.87. The fourth-order valence-electron chi connectivity index (χ4n) is 5.47. The summed E-state index contributed by atoms with van der Waals surface area (Å²) in [5, 5.41) is 3.74. The first-order valence-corrected chi connectivity index (χ1v) is 16.4. The van der Waals surface area contributed by atoms with Crippen LogP contribution in [0.2, 0.25) is 5.02 Å². The van der Waals surface area contributed by atoms with Gasteiger partial charge in [-0.05, 0) is 80.1 Å². The van der Waals surface area contributed by atoms with Crippen molar-refractivity contribution >= 4 is 39.1 Å². The average molecular weight is 610 g/mol. The van der Waals surface area contributed by atoms with Gasteiger partial charge in [0.25, 0.3) is 10.0 Å². The van der Waals surface area contributed by atoms with E-state index in [0.717, 1.165) is 48.8 Å². The zero-order valence-corrected chi connectivity index (χ0v) is 26.1. The number of sulfonamides is 1. The zero-order valence-electron chi connectivity index (χ0n) is 24.6. The predicted octanol–water partition coefficient (Wildman–Crippen LogP) is 6.41. The summed E-state index contributed by atoms with van der Waals surface area (Å²) in [5.74, 6) is -0.674. The largest absolute Gasteiger partial charge is 0.352 e. The maximum Gasteiger partial charge on any atom is 0.264 e. The number of amides is 2. The van der Waals surface area contributed by atoms with E-state index in [-0.39, 0.29) is 23.4 Å². The van der Waals surface area contributed by atoms with E-state index in [0.29, 0.717) is 17.1 Å². The Morgan fingerprint density at radius 1 is 0.952 bits per heavy atom. The number of hydrogen-bond donors (Lipinski definition) is 1. The number of hydrogen-bond acceptors (Lipinski definition) is 4. The summed E-state index contributed by atoms with van der Waals surface area (Å²) in [6, 6.07) is 20.1. The van der Waals surface area contributed by atoms with Gasteiger partial charge in [0.1, 0.15) is 12.6 Å². The van der Waals surface area contributed by atoms with Gasteiger partial charge in [-0.2, -0.15) is 0 Å². The number of aryl methyl sites for hydroxylation is 2. The molecule has 0 radical (unpaired) electrons. The minimum absolute atomic E-state index is 0.0812. The van der Waals surface area contributed by atoms with Gasteiger partial charge in [-0.15, -0.1) is 0 Å². The van der Waals surface area contributed by atoms with Gasteiger partial charge in [-0.1, -0.05) is 80.3 Å². The van der Waals surface area contributed by atoms with Crippen LogP contribution in [0, 0.1) is 13.8 Å². The lowest BCUT2D eigenvalue weighted by atomic mass is 9.95. The molecule has 1 saturated carbocycles. The van der Waals surface area contributed by atoms with E-state index in [9.17, 15) is 18.0 Å². The Balaban J connectivity index is 1.72. The van der Waals surface area contributed by atoms with Crippen LogP contribution < -0.4 is 9.62 Å². The lowest BCUT2D eigenvalue weighted by molar-refractivity contribution is -0.140. The molecule has 0 spiro atoms. The third-order valence-electron chi connectivity index (χ3n) is 7.85. The van der Waals surface area contributed by atoms with Crippen molar-refractivity contribution in [2.45, 2.75) is 82.8 Å². The number of carbonyl (C=O) groups is 2. The lowest BCUT2D eigenvalue weighted by Crippen LogP contribution is -2.54. The van der Waals surface area contributed by atoms with Crippen LogP contribution in [-0.4, -0.2) is 43.8 Å². The Morgan fingerprint density at radius 3 is 2.26 bits per heavy atom. The first-order valence-electron chi connectivity index (χ1n) is 14.6. The Labute approximate surface area is 254 Å². The number of rotatable bonds is 11. The summed E-state index contributed by atoms with van der Waals surface area (Å²) < 4.78 is 29.3. The van der Waals surface area contributed by atoms with E-state index in [2.05, 4.69) is 5.32 Å². The van der Waals surface area contributed by atoms with Crippen LogP contribution in [0.3, 0.4) is 0 Å². The second-order valence-corrected chi connectivity index (χ2v) is 13.3. The summed E-state index contributed by atoms with van der Waals surface area (Å²) in [4.78, 5) is 29.5. The van der Waals surface area contributed by atoms with Crippen LogP contribution in [-0.2, 0) is 26.2 Å². The number of anilines is 1. The highest BCUT2D eigenvalue weighted by molar-refractivity contribution is 7.92. The molecule has 1 aliphatic carbocycles. The summed E-state index contributed by atoms with van der Waals surface area (Å²) in [6.07, 6.45) is 5.52. The molecule has 3 aromatic carbocycles. The van der Waals surface area contributed by atoms with Crippen molar-refractivity contribution in [2.75, 3.05) is 10.8 Å². The Morgan fingerprint density at radius 2 is 1.62 bits per heavy atom. The van der Waals surface area contributed by atoms with E-state index in [4.69, 9.17) is 11.6 Å². The molecular formula is C33H40ClN3O4S. The molecule has 2 amide bonds. The monoisotopic (exact) mass is 609 g/mol. The Kier molecular flexibility index (Phi) is 10.7. The second kappa shape index (κ2) is 14.2. The standard InChI is InChI=1S/C33H40ClN3O4S/c1-4-30(33(39)35-28-11-7-5-8-12-28)36(22-26-17-19-27(34)20-18-26)32(38)23-37(31-21-24(2)15-16-25(31)3)42(40,41)29-13-9-6-10-14-29/h6,9-10,13-21,28,30H,4-5,7-8,11-12,22-23H2,1-3H3,(H,35,39). The van der Waals surface area contributed by atoms with Crippen molar-refractivity contribution in [1.29, 1.82) is 0 Å². The van der Waals surface area contributed by atoms with Crippen molar-refractivity contribution in [3.8, 4) is 0 Å². The number of carbonyl (C=O) groups excluding carboxylic acids is 2. The van der Waals surface area contributed by atoms with E-state index in [1.165, 1.54) is 21.3 Å². The minimum Gasteiger partial charge on any atom is -0.352 e. The van der Waals surface area contributed by atoms with Gasteiger partial charge in [0.15, 0.2) is 0 Å². The predicted molar refractivity (Wildman–Crippen MR) is 168 cm³/mol. The molecule has 1 unspecified atom stereocenters. The lowest BCUT2D eigenvalue weighted by Gasteiger charge is -2.34. The van der Waals surface area contributed by atoms with E-state index in [1.807, 2.05) is 45.0 Å². The van der Waals surface area contributed by atoms with E-state index < -0.39 is 28.5 Å². The normalized spacial score (nSPS) is 14.7. The van der Waals surface area contributed by atoms with Gasteiger partial charge in [0, 0.05) is 17.6 Å². The summed E-state index contributed by atoms with van der Waals surface area (Å²) in [7, 11) is -4.11. The molecule has 0 aliphatic heterocycles. The van der Waals surface area contributed by atoms with Gasteiger partial charge in [0.2, 0.25) is 11.8 Å². The highest BCUT2D eigenvalue weighted by Crippen LogP contribution is 2.29. The summed E-state index contributed by atoms with van der Waals surface area (Å²) >= 11 is 6.11. The van der Waals surface area contributed by atoms with Crippen molar-refractivity contribution in [1.82, 2.24) is 10.2 Å².